The summed E-state index contributed by atoms with van der Waals surface area (Å²) in [6.07, 6.45) is 51.5. The van der Waals surface area contributed by atoms with Crippen LogP contribution >= 0.6 is 0 Å². The summed E-state index contributed by atoms with van der Waals surface area (Å²) in [6.45, 7) is 7.50. The van der Waals surface area contributed by atoms with Gasteiger partial charge in [0.15, 0.2) is 0 Å². The number of carbonyl (C=O) groups is 1. The van der Waals surface area contributed by atoms with Crippen LogP contribution in [0.3, 0.4) is 0 Å². The van der Waals surface area contributed by atoms with E-state index in [1.165, 1.54) is 225 Å². The highest BCUT2D eigenvalue weighted by atomic mass is 16.5. The van der Waals surface area contributed by atoms with Crippen LogP contribution in [0.25, 0.3) is 0 Å². The zero-order valence-corrected chi connectivity index (χ0v) is 32.5. The van der Waals surface area contributed by atoms with E-state index in [0.717, 1.165) is 19.3 Å². The summed E-state index contributed by atoms with van der Waals surface area (Å²) in [6, 6.07) is 0. The average molecular weight is 649 g/mol. The molecule has 0 aromatic rings. The van der Waals surface area contributed by atoms with Gasteiger partial charge in [-0.25, -0.2) is 0 Å². The van der Waals surface area contributed by atoms with Crippen molar-refractivity contribution in [2.75, 3.05) is 6.61 Å². The van der Waals surface area contributed by atoms with E-state index in [1.54, 1.807) is 0 Å². The van der Waals surface area contributed by atoms with Crippen molar-refractivity contribution in [3.8, 4) is 0 Å². The Morgan fingerprint density at radius 1 is 0.326 bits per heavy atom. The summed E-state index contributed by atoms with van der Waals surface area (Å²) in [4.78, 5) is 12.9. The lowest BCUT2D eigenvalue weighted by Gasteiger charge is -2.16. The maximum atomic E-state index is 12.9. The number of hydrogen-bond acceptors (Lipinski definition) is 2. The van der Waals surface area contributed by atoms with Crippen molar-refractivity contribution < 1.29 is 9.53 Å². The molecule has 0 N–H and O–H groups in total. The van der Waals surface area contributed by atoms with Crippen molar-refractivity contribution >= 4 is 5.97 Å². The van der Waals surface area contributed by atoms with Crippen LogP contribution in [0.1, 0.15) is 265 Å². The van der Waals surface area contributed by atoms with Crippen molar-refractivity contribution in [1.82, 2.24) is 0 Å². The molecule has 0 aliphatic rings. The minimum Gasteiger partial charge on any atom is -0.465 e. The predicted molar refractivity (Wildman–Crippen MR) is 207 cm³/mol. The Kier molecular flexibility index (Phi) is 40.2. The van der Waals surface area contributed by atoms with Crippen molar-refractivity contribution in [1.29, 1.82) is 0 Å². The number of hydrogen-bond donors (Lipinski definition) is 0. The summed E-state index contributed by atoms with van der Waals surface area (Å²) < 4.78 is 5.82. The molecule has 1 atom stereocenters. The van der Waals surface area contributed by atoms with Gasteiger partial charge in [0.1, 0.15) is 0 Å². The third kappa shape index (κ3) is 36.3. The van der Waals surface area contributed by atoms with Gasteiger partial charge in [-0.1, -0.05) is 245 Å². The van der Waals surface area contributed by atoms with E-state index >= 15 is 0 Å². The first-order valence-corrected chi connectivity index (χ1v) is 21.9. The highest BCUT2D eigenvalue weighted by Gasteiger charge is 2.19. The second kappa shape index (κ2) is 40.6. The SMILES string of the molecule is CCCCCCCCCCCCCCCCCCOC(=O)C(CCCCCC)CCCCCCCCCCCCCCCCCC. The standard InChI is InChI=1S/C44H88O2/c1-4-7-10-13-15-17-19-21-23-25-27-29-31-33-35-38-41-43(40-37-12-9-6-3)44(45)46-42-39-36-34-32-30-28-26-24-22-20-18-16-14-11-8-5-2/h43H,4-42H2,1-3H3. The Balaban J connectivity index is 3.72. The lowest BCUT2D eigenvalue weighted by molar-refractivity contribution is -0.149. The van der Waals surface area contributed by atoms with E-state index in [9.17, 15) is 4.79 Å². The zero-order chi connectivity index (χ0) is 33.4. The maximum Gasteiger partial charge on any atom is 0.308 e. The summed E-state index contributed by atoms with van der Waals surface area (Å²) in [5.41, 5.74) is 0. The highest BCUT2D eigenvalue weighted by molar-refractivity contribution is 5.72. The van der Waals surface area contributed by atoms with Crippen LogP contribution < -0.4 is 0 Å². The topological polar surface area (TPSA) is 26.3 Å². The zero-order valence-electron chi connectivity index (χ0n) is 32.5. The Hall–Kier alpha value is -0.530. The smallest absolute Gasteiger partial charge is 0.308 e. The van der Waals surface area contributed by atoms with Crippen LogP contribution in [0.2, 0.25) is 0 Å². The molecule has 0 rings (SSSR count). The first kappa shape index (κ1) is 45.5. The molecule has 0 aliphatic carbocycles. The van der Waals surface area contributed by atoms with E-state index in [4.69, 9.17) is 4.74 Å². The molecular weight excluding hydrogens is 560 g/mol. The normalized spacial score (nSPS) is 12.2. The number of carbonyl (C=O) groups excluding carboxylic acids is 1. The van der Waals surface area contributed by atoms with Gasteiger partial charge in [0.2, 0.25) is 0 Å². The second-order valence-electron chi connectivity index (χ2n) is 15.1. The minimum atomic E-state index is 0.110. The molecule has 1 unspecified atom stereocenters. The van der Waals surface area contributed by atoms with Crippen molar-refractivity contribution in [2.45, 2.75) is 265 Å². The van der Waals surface area contributed by atoms with Crippen molar-refractivity contribution in [3.05, 3.63) is 0 Å². The molecular formula is C44H88O2. The molecule has 0 spiro atoms. The minimum absolute atomic E-state index is 0.110. The maximum absolute atomic E-state index is 12.9. The van der Waals surface area contributed by atoms with Gasteiger partial charge in [0, 0.05) is 0 Å². The third-order valence-electron chi connectivity index (χ3n) is 10.4. The molecule has 276 valence electrons. The summed E-state index contributed by atoms with van der Waals surface area (Å²) in [5, 5.41) is 0. The molecule has 0 saturated heterocycles. The Morgan fingerprint density at radius 3 is 0.826 bits per heavy atom. The number of rotatable bonds is 40. The van der Waals surface area contributed by atoms with Gasteiger partial charge in [0.05, 0.1) is 12.5 Å². The quantitative estimate of drug-likeness (QED) is 0.0488. The molecule has 0 aromatic carbocycles. The van der Waals surface area contributed by atoms with Gasteiger partial charge in [-0.3, -0.25) is 4.79 Å². The van der Waals surface area contributed by atoms with Gasteiger partial charge in [-0.05, 0) is 19.3 Å². The summed E-state index contributed by atoms with van der Waals surface area (Å²) >= 11 is 0. The molecule has 0 heterocycles. The van der Waals surface area contributed by atoms with Crippen molar-refractivity contribution in [3.63, 3.8) is 0 Å². The lowest BCUT2D eigenvalue weighted by Crippen LogP contribution is -2.18. The first-order chi connectivity index (χ1) is 22.8. The Morgan fingerprint density at radius 2 is 0.543 bits per heavy atom. The summed E-state index contributed by atoms with van der Waals surface area (Å²) in [5.74, 6) is 0.253. The second-order valence-corrected chi connectivity index (χ2v) is 15.1. The third-order valence-corrected chi connectivity index (χ3v) is 10.4. The molecule has 0 aromatic heterocycles. The molecule has 2 heteroatoms. The molecule has 0 bridgehead atoms. The van der Waals surface area contributed by atoms with E-state index in [1.807, 2.05) is 0 Å². The van der Waals surface area contributed by atoms with Gasteiger partial charge < -0.3 is 4.74 Å². The van der Waals surface area contributed by atoms with Crippen LogP contribution in [-0.4, -0.2) is 12.6 Å². The molecule has 0 amide bonds. The van der Waals surface area contributed by atoms with Crippen LogP contribution in [-0.2, 0) is 9.53 Å². The van der Waals surface area contributed by atoms with E-state index < -0.39 is 0 Å². The molecule has 0 aliphatic heterocycles. The Labute approximate surface area is 292 Å². The largest absolute Gasteiger partial charge is 0.465 e. The van der Waals surface area contributed by atoms with E-state index in [-0.39, 0.29) is 11.9 Å². The van der Waals surface area contributed by atoms with E-state index in [2.05, 4.69) is 20.8 Å². The van der Waals surface area contributed by atoms with Crippen LogP contribution in [0.15, 0.2) is 0 Å². The molecule has 46 heavy (non-hydrogen) atoms. The molecule has 2 nitrogen and oxygen atoms in total. The highest BCUT2D eigenvalue weighted by Crippen LogP contribution is 2.21. The average Bonchev–Trinajstić information content (AvgIpc) is 3.06. The lowest BCUT2D eigenvalue weighted by atomic mass is 9.94. The van der Waals surface area contributed by atoms with Gasteiger partial charge in [-0.15, -0.1) is 0 Å². The number of esters is 1. The van der Waals surface area contributed by atoms with Crippen molar-refractivity contribution in [2.24, 2.45) is 5.92 Å². The first-order valence-electron chi connectivity index (χ1n) is 21.9. The van der Waals surface area contributed by atoms with Gasteiger partial charge in [-0.2, -0.15) is 0 Å². The predicted octanol–water partition coefficient (Wildman–Crippen LogP) is 16.0. The fourth-order valence-electron chi connectivity index (χ4n) is 7.08. The van der Waals surface area contributed by atoms with E-state index in [0.29, 0.717) is 6.61 Å². The van der Waals surface area contributed by atoms with Crippen LogP contribution in [0, 0.1) is 5.92 Å². The fourth-order valence-corrected chi connectivity index (χ4v) is 7.08. The van der Waals surface area contributed by atoms with Crippen LogP contribution in [0.4, 0.5) is 0 Å². The monoisotopic (exact) mass is 649 g/mol. The van der Waals surface area contributed by atoms with Gasteiger partial charge in [0.25, 0.3) is 0 Å². The molecule has 0 saturated carbocycles. The Bertz CT molecular complexity index is 558. The fraction of sp³-hybridized carbons (Fsp3) is 0.977. The van der Waals surface area contributed by atoms with Gasteiger partial charge >= 0.3 is 5.97 Å². The summed E-state index contributed by atoms with van der Waals surface area (Å²) in [7, 11) is 0. The molecule has 0 fully saturated rings. The molecule has 0 radical (unpaired) electrons. The number of unbranched alkanes of at least 4 members (excludes halogenated alkanes) is 33. The number of ether oxygens (including phenoxy) is 1. The van der Waals surface area contributed by atoms with Crippen LogP contribution in [0.5, 0.6) is 0 Å².